The predicted molar refractivity (Wildman–Crippen MR) is 66.9 cm³/mol. The summed E-state index contributed by atoms with van der Waals surface area (Å²) in [4.78, 5) is 10.5. The first-order valence-electron chi connectivity index (χ1n) is 5.58. The summed E-state index contributed by atoms with van der Waals surface area (Å²) in [7, 11) is 3.61. The van der Waals surface area contributed by atoms with E-state index in [2.05, 4.69) is 9.97 Å². The lowest BCUT2D eigenvalue weighted by Crippen LogP contribution is -2.24. The van der Waals surface area contributed by atoms with Crippen LogP contribution in [0.4, 0.5) is 11.6 Å². The molecule has 0 spiro atoms. The number of nitrogens with two attached hydrogens (primary N) is 1. The van der Waals surface area contributed by atoms with Gasteiger partial charge in [-0.15, -0.1) is 0 Å². The molecule has 0 radical (unpaired) electrons. The van der Waals surface area contributed by atoms with Crippen LogP contribution in [0.25, 0.3) is 0 Å². The van der Waals surface area contributed by atoms with Crippen LogP contribution in [0.2, 0.25) is 0 Å². The van der Waals surface area contributed by atoms with Crippen LogP contribution in [0.3, 0.4) is 0 Å². The number of nitrogens with zero attached hydrogens (tertiary/aromatic N) is 3. The first-order valence-corrected chi connectivity index (χ1v) is 5.58. The van der Waals surface area contributed by atoms with E-state index in [-0.39, 0.29) is 0 Å². The van der Waals surface area contributed by atoms with Crippen molar-refractivity contribution in [2.75, 3.05) is 44.5 Å². The van der Waals surface area contributed by atoms with Crippen LogP contribution >= 0.6 is 0 Å². The molecule has 96 valence electrons. The molecule has 6 nitrogen and oxygen atoms in total. The summed E-state index contributed by atoms with van der Waals surface area (Å²) in [5.41, 5.74) is 5.73. The first-order chi connectivity index (χ1) is 8.17. The van der Waals surface area contributed by atoms with E-state index < -0.39 is 0 Å². The molecule has 0 fully saturated rings. The second-order valence-corrected chi connectivity index (χ2v) is 3.62. The molecule has 1 aromatic rings. The maximum atomic E-state index is 5.73. The van der Waals surface area contributed by atoms with E-state index in [0.717, 1.165) is 12.4 Å². The van der Waals surface area contributed by atoms with Crippen molar-refractivity contribution in [3.05, 3.63) is 11.9 Å². The molecule has 2 N–H and O–H groups in total. The topological polar surface area (TPSA) is 73.5 Å². The van der Waals surface area contributed by atoms with Crippen LogP contribution in [0.5, 0.6) is 0 Å². The van der Waals surface area contributed by atoms with Crippen LogP contribution in [0.1, 0.15) is 12.7 Å². The number of rotatable bonds is 7. The van der Waals surface area contributed by atoms with E-state index in [9.17, 15) is 0 Å². The van der Waals surface area contributed by atoms with Gasteiger partial charge >= 0.3 is 0 Å². The molecule has 1 aromatic heterocycles. The summed E-state index contributed by atoms with van der Waals surface area (Å²) in [6, 6.07) is 1.74. The van der Waals surface area contributed by atoms with Crippen molar-refractivity contribution in [1.29, 1.82) is 0 Å². The van der Waals surface area contributed by atoms with E-state index in [1.165, 1.54) is 0 Å². The maximum absolute atomic E-state index is 5.73. The number of likely N-dealkylation sites (N-methyl/N-ethyl adjacent to an activating group) is 1. The van der Waals surface area contributed by atoms with Gasteiger partial charge in [-0.3, -0.25) is 0 Å². The van der Waals surface area contributed by atoms with Crippen LogP contribution in [0.15, 0.2) is 6.07 Å². The van der Waals surface area contributed by atoms with Gasteiger partial charge in [0.25, 0.3) is 0 Å². The van der Waals surface area contributed by atoms with Crippen molar-refractivity contribution >= 4 is 11.6 Å². The number of hydrogen-bond donors (Lipinski definition) is 1. The summed E-state index contributed by atoms with van der Waals surface area (Å²) in [6.45, 7) is 4.33. The molecule has 0 aliphatic heterocycles. The zero-order valence-corrected chi connectivity index (χ0v) is 10.6. The molecule has 0 amide bonds. The van der Waals surface area contributed by atoms with Gasteiger partial charge in [-0.25, -0.2) is 9.97 Å². The second kappa shape index (κ2) is 7.03. The molecule has 0 aliphatic carbocycles. The lowest BCUT2D eigenvalue weighted by atomic mass is 10.4. The SMILES string of the molecule is CCOCc1nc(N)cc(N(C)CCOC)n1. The molecule has 0 unspecified atom stereocenters. The molecule has 0 saturated carbocycles. The number of nitrogen functional groups attached to an aromatic ring is 1. The van der Waals surface area contributed by atoms with Crippen molar-refractivity contribution in [2.24, 2.45) is 0 Å². The maximum Gasteiger partial charge on any atom is 0.158 e. The Hall–Kier alpha value is -1.40. The van der Waals surface area contributed by atoms with Crippen LogP contribution in [-0.4, -0.2) is 43.9 Å². The molecule has 0 atom stereocenters. The van der Waals surface area contributed by atoms with Gasteiger partial charge in [-0.1, -0.05) is 0 Å². The number of methoxy groups -OCH3 is 1. The lowest BCUT2D eigenvalue weighted by Gasteiger charge is -2.18. The van der Waals surface area contributed by atoms with Crippen LogP contribution in [-0.2, 0) is 16.1 Å². The number of aromatic nitrogens is 2. The van der Waals surface area contributed by atoms with E-state index in [1.54, 1.807) is 13.2 Å². The predicted octanol–water partition coefficient (Wildman–Crippen LogP) is 0.678. The Balaban J connectivity index is 2.73. The monoisotopic (exact) mass is 240 g/mol. The zero-order valence-electron chi connectivity index (χ0n) is 10.6. The first kappa shape index (κ1) is 13.7. The van der Waals surface area contributed by atoms with Gasteiger partial charge in [-0.2, -0.15) is 0 Å². The molecule has 0 saturated heterocycles. The average molecular weight is 240 g/mol. The van der Waals surface area contributed by atoms with Gasteiger partial charge in [0, 0.05) is 33.4 Å². The highest BCUT2D eigenvalue weighted by molar-refractivity contribution is 5.46. The van der Waals surface area contributed by atoms with Crippen molar-refractivity contribution in [2.45, 2.75) is 13.5 Å². The van der Waals surface area contributed by atoms with Gasteiger partial charge in [0.15, 0.2) is 5.82 Å². The standard InChI is InChI=1S/C11H20N4O2/c1-4-17-8-10-13-9(12)7-11(14-10)15(2)5-6-16-3/h7H,4-6,8H2,1-3H3,(H2,12,13,14). The summed E-state index contributed by atoms with van der Waals surface area (Å²) < 4.78 is 10.3. The van der Waals surface area contributed by atoms with Gasteiger partial charge in [0.05, 0.1) is 6.61 Å². The third kappa shape index (κ3) is 4.54. The molecule has 6 heteroatoms. The molecule has 0 aromatic carbocycles. The van der Waals surface area contributed by atoms with E-state index >= 15 is 0 Å². The van der Waals surface area contributed by atoms with Crippen molar-refractivity contribution in [3.8, 4) is 0 Å². The molecular weight excluding hydrogens is 220 g/mol. The molecule has 0 aliphatic rings. The minimum Gasteiger partial charge on any atom is -0.384 e. The Morgan fingerprint density at radius 3 is 2.82 bits per heavy atom. The highest BCUT2D eigenvalue weighted by atomic mass is 16.5. The van der Waals surface area contributed by atoms with Crippen molar-refractivity contribution in [1.82, 2.24) is 9.97 Å². The Morgan fingerprint density at radius 1 is 1.41 bits per heavy atom. The molecule has 17 heavy (non-hydrogen) atoms. The Bertz CT molecular complexity index is 346. The van der Waals surface area contributed by atoms with E-state index in [1.807, 2.05) is 18.9 Å². The number of hydrogen-bond acceptors (Lipinski definition) is 6. The summed E-state index contributed by atoms with van der Waals surface area (Å²) in [5.74, 6) is 1.84. The lowest BCUT2D eigenvalue weighted by molar-refractivity contribution is 0.128. The third-order valence-corrected chi connectivity index (χ3v) is 2.24. The zero-order chi connectivity index (χ0) is 12.7. The van der Waals surface area contributed by atoms with Crippen LogP contribution < -0.4 is 10.6 Å². The van der Waals surface area contributed by atoms with Gasteiger partial charge in [0.1, 0.15) is 18.2 Å². The smallest absolute Gasteiger partial charge is 0.158 e. The average Bonchev–Trinajstić information content (AvgIpc) is 2.32. The van der Waals surface area contributed by atoms with Gasteiger partial charge < -0.3 is 20.1 Å². The summed E-state index contributed by atoms with van der Waals surface area (Å²) in [5, 5.41) is 0. The Kier molecular flexibility index (Phi) is 5.65. The van der Waals surface area contributed by atoms with Crippen LogP contribution in [0, 0.1) is 0 Å². The number of ether oxygens (including phenoxy) is 2. The quantitative estimate of drug-likeness (QED) is 0.755. The van der Waals surface area contributed by atoms with Gasteiger partial charge in [0.2, 0.25) is 0 Å². The van der Waals surface area contributed by atoms with E-state index in [4.69, 9.17) is 15.2 Å². The highest BCUT2D eigenvalue weighted by Crippen LogP contribution is 2.12. The fourth-order valence-electron chi connectivity index (χ4n) is 1.30. The van der Waals surface area contributed by atoms with Crippen molar-refractivity contribution in [3.63, 3.8) is 0 Å². The second-order valence-electron chi connectivity index (χ2n) is 3.62. The van der Waals surface area contributed by atoms with Gasteiger partial charge in [-0.05, 0) is 6.92 Å². The Morgan fingerprint density at radius 2 is 2.18 bits per heavy atom. The summed E-state index contributed by atoms with van der Waals surface area (Å²) in [6.07, 6.45) is 0. The normalized spacial score (nSPS) is 10.5. The van der Waals surface area contributed by atoms with E-state index in [0.29, 0.717) is 31.5 Å². The Labute approximate surface area is 102 Å². The highest BCUT2D eigenvalue weighted by Gasteiger charge is 2.07. The fraction of sp³-hybridized carbons (Fsp3) is 0.636. The van der Waals surface area contributed by atoms with Crippen molar-refractivity contribution < 1.29 is 9.47 Å². The molecule has 0 bridgehead atoms. The minimum atomic E-state index is 0.382. The largest absolute Gasteiger partial charge is 0.384 e. The minimum absolute atomic E-state index is 0.382. The number of anilines is 2. The molecule has 1 heterocycles. The third-order valence-electron chi connectivity index (χ3n) is 2.24. The summed E-state index contributed by atoms with van der Waals surface area (Å²) >= 11 is 0. The fourth-order valence-corrected chi connectivity index (χ4v) is 1.30. The molecular formula is C11H20N4O2. The molecule has 1 rings (SSSR count).